The first-order chi connectivity index (χ1) is 27.3. The molecule has 0 aromatic heterocycles. The largest absolute Gasteiger partial charge is 0.392 e. The zero-order valence-electron chi connectivity index (χ0n) is 36.1. The Morgan fingerprint density at radius 3 is 2.10 bits per heavy atom. The van der Waals surface area contributed by atoms with Crippen LogP contribution in [-0.2, 0) is 43.0 Å². The highest BCUT2D eigenvalue weighted by Crippen LogP contribution is 2.41. The molecule has 0 aromatic rings. The van der Waals surface area contributed by atoms with E-state index in [-0.39, 0.29) is 43.4 Å². The summed E-state index contributed by atoms with van der Waals surface area (Å²) >= 11 is 0. The van der Waals surface area contributed by atoms with E-state index in [0.29, 0.717) is 56.9 Å². The fraction of sp³-hybridized carbons (Fsp3) is 0.778. The molecule has 3 fully saturated rings. The summed E-state index contributed by atoms with van der Waals surface area (Å²) in [5.74, 6) is -10.3. The van der Waals surface area contributed by atoms with Crippen LogP contribution in [0.1, 0.15) is 112 Å². The third kappa shape index (κ3) is 10.1. The predicted molar refractivity (Wildman–Crippen MR) is 215 cm³/mol. The number of hydrogen-bond acceptors (Lipinski definition) is 12. The molecule has 0 aromatic carbocycles. The number of methoxy groups -OCH3 is 3. The third-order valence-corrected chi connectivity index (χ3v) is 13.8. The van der Waals surface area contributed by atoms with Crippen LogP contribution in [-0.4, -0.2) is 125 Å². The molecule has 14 atom stereocenters. The Kier molecular flexibility index (Phi) is 16.9. The van der Waals surface area contributed by atoms with Crippen molar-refractivity contribution < 1.29 is 58.3 Å². The smallest absolute Gasteiger partial charge is 0.294 e. The topological polar surface area (TPSA) is 194 Å². The van der Waals surface area contributed by atoms with Crippen molar-refractivity contribution in [3.05, 3.63) is 23.3 Å². The number of hydrogen-bond donors (Lipinski definition) is 3. The predicted octanol–water partition coefficient (Wildman–Crippen LogP) is 4.16. The maximum atomic E-state index is 14.7. The van der Waals surface area contributed by atoms with Gasteiger partial charge in [0.2, 0.25) is 11.6 Å². The van der Waals surface area contributed by atoms with Gasteiger partial charge in [0.25, 0.3) is 11.7 Å². The molecule has 14 unspecified atom stereocenters. The first-order valence-electron chi connectivity index (χ1n) is 21.4. The Morgan fingerprint density at radius 2 is 1.48 bits per heavy atom. The van der Waals surface area contributed by atoms with Crippen molar-refractivity contribution in [2.75, 3.05) is 27.9 Å². The number of aliphatic hydroxyl groups is 3. The first-order valence-corrected chi connectivity index (χ1v) is 21.4. The monoisotopic (exact) mass is 815 g/mol. The van der Waals surface area contributed by atoms with Gasteiger partial charge in [0.15, 0.2) is 11.4 Å². The molecule has 1 saturated heterocycles. The second-order valence-electron chi connectivity index (χ2n) is 17.9. The average molecular weight is 816 g/mol. The average Bonchev–Trinajstić information content (AvgIpc) is 3.20. The number of aliphatic hydroxyl groups excluding tert-OH is 2. The molecule has 58 heavy (non-hydrogen) atoms. The molecular formula is C45H69NO12. The molecule has 0 spiro atoms. The number of ketones is 5. The molecule has 13 nitrogen and oxygen atoms in total. The van der Waals surface area contributed by atoms with Gasteiger partial charge in [-0.15, -0.1) is 0 Å². The Bertz CT molecular complexity index is 1590. The normalized spacial score (nSPS) is 40.8. The number of fused-ring (bicyclic) bond motifs is 3. The molecule has 2 heterocycles. The summed E-state index contributed by atoms with van der Waals surface area (Å²) in [5.41, 5.74) is -1.31. The van der Waals surface area contributed by atoms with E-state index in [0.717, 1.165) is 10.5 Å². The number of rotatable bonds is 6. The lowest BCUT2D eigenvalue weighted by molar-refractivity contribution is -0.183. The molecule has 326 valence electrons. The van der Waals surface area contributed by atoms with Crippen LogP contribution in [0.25, 0.3) is 0 Å². The summed E-state index contributed by atoms with van der Waals surface area (Å²) in [6, 6.07) is -1.35. The van der Waals surface area contributed by atoms with Crippen LogP contribution in [0.5, 0.6) is 0 Å². The van der Waals surface area contributed by atoms with Crippen LogP contribution in [0, 0.1) is 41.4 Å². The molecule has 13 heteroatoms. The molecule has 1 amide bonds. The summed E-state index contributed by atoms with van der Waals surface area (Å²) in [7, 11) is 4.42. The highest BCUT2D eigenvalue weighted by molar-refractivity contribution is 6.46. The van der Waals surface area contributed by atoms with Crippen LogP contribution in [0.15, 0.2) is 23.3 Å². The van der Waals surface area contributed by atoms with E-state index < -0.39 is 101 Å². The Morgan fingerprint density at radius 1 is 0.845 bits per heavy atom. The lowest BCUT2D eigenvalue weighted by atomic mass is 9.64. The minimum atomic E-state index is -2.73. The molecular weight excluding hydrogens is 746 g/mol. The van der Waals surface area contributed by atoms with Gasteiger partial charge >= 0.3 is 0 Å². The van der Waals surface area contributed by atoms with E-state index in [4.69, 9.17) is 14.2 Å². The second kappa shape index (κ2) is 20.5. The van der Waals surface area contributed by atoms with Gasteiger partial charge in [-0.1, -0.05) is 51.0 Å². The molecule has 2 saturated carbocycles. The van der Waals surface area contributed by atoms with Crippen molar-refractivity contribution >= 4 is 34.8 Å². The summed E-state index contributed by atoms with van der Waals surface area (Å²) in [4.78, 5) is 87.2. The fourth-order valence-electron chi connectivity index (χ4n) is 10.3. The summed E-state index contributed by atoms with van der Waals surface area (Å²) in [6.45, 7) is 10.6. The van der Waals surface area contributed by atoms with Gasteiger partial charge in [0.05, 0.1) is 48.4 Å². The molecule has 4 aliphatic rings. The number of piperidine rings is 1. The van der Waals surface area contributed by atoms with Crippen molar-refractivity contribution in [1.29, 1.82) is 0 Å². The molecule has 3 N–H and O–H groups in total. The standard InChI is InChI=1S/C45H69NO12/c1-10-30-18-24(2)17-25(3)19-36(57-8)39-37(58-9)21-27(5)45(55,42(39)52)43(53)44(54)46-16-12-11-13-31(46)40(50)41(51)38(28(6)33(48)23-34(30)49)26(4)20-29-14-15-32(47)35(22-29)56-7/h18,20,25,27-33,35-39,47-48,55H,10-17,19,21-23H2,1-9H3/b24-18+,26-20?. The van der Waals surface area contributed by atoms with Gasteiger partial charge in [0.1, 0.15) is 5.78 Å². The second-order valence-corrected chi connectivity index (χ2v) is 17.9. The zero-order chi connectivity index (χ0) is 43.2. The summed E-state index contributed by atoms with van der Waals surface area (Å²) < 4.78 is 17.1. The van der Waals surface area contributed by atoms with Gasteiger partial charge in [-0.25, -0.2) is 0 Å². The van der Waals surface area contributed by atoms with Gasteiger partial charge in [-0.2, -0.15) is 0 Å². The number of nitrogens with zero attached hydrogens (tertiary/aromatic N) is 1. The van der Waals surface area contributed by atoms with E-state index in [2.05, 4.69) is 0 Å². The third-order valence-electron chi connectivity index (χ3n) is 13.8. The number of carbonyl (C=O) groups is 6. The number of carbonyl (C=O) groups excluding carboxylic acids is 6. The number of allylic oxidation sites excluding steroid dienone is 4. The Labute approximate surface area is 344 Å². The lowest BCUT2D eigenvalue weighted by Crippen LogP contribution is -2.67. The minimum Gasteiger partial charge on any atom is -0.392 e. The molecule has 2 aliphatic heterocycles. The van der Waals surface area contributed by atoms with E-state index >= 15 is 0 Å². The number of Topliss-reactive ketones (excluding diaryl/α,β-unsaturated/α-hetero) is 5. The quantitative estimate of drug-likeness (QED) is 0.197. The van der Waals surface area contributed by atoms with Gasteiger partial charge < -0.3 is 34.4 Å². The van der Waals surface area contributed by atoms with E-state index in [9.17, 15) is 44.1 Å². The van der Waals surface area contributed by atoms with Crippen molar-refractivity contribution in [3.8, 4) is 0 Å². The van der Waals surface area contributed by atoms with E-state index in [1.807, 2.05) is 32.9 Å². The molecule has 0 radical (unpaired) electrons. The van der Waals surface area contributed by atoms with E-state index in [1.54, 1.807) is 13.8 Å². The Balaban J connectivity index is 1.83. The number of ether oxygens (including phenoxy) is 3. The fourth-order valence-corrected chi connectivity index (χ4v) is 10.3. The van der Waals surface area contributed by atoms with Crippen molar-refractivity contribution in [3.63, 3.8) is 0 Å². The molecule has 2 bridgehead atoms. The Hall–Kier alpha value is -2.94. The maximum absolute atomic E-state index is 14.7. The van der Waals surface area contributed by atoms with E-state index in [1.165, 1.54) is 28.3 Å². The van der Waals surface area contributed by atoms with Crippen LogP contribution in [0.4, 0.5) is 0 Å². The van der Waals surface area contributed by atoms with Crippen molar-refractivity contribution in [2.24, 2.45) is 41.4 Å². The highest BCUT2D eigenvalue weighted by atomic mass is 16.5. The van der Waals surface area contributed by atoms with Gasteiger partial charge in [-0.3, -0.25) is 28.8 Å². The van der Waals surface area contributed by atoms with Gasteiger partial charge in [0, 0.05) is 46.1 Å². The first kappa shape index (κ1) is 47.7. The van der Waals surface area contributed by atoms with Crippen molar-refractivity contribution in [1.82, 2.24) is 4.90 Å². The van der Waals surface area contributed by atoms with Crippen molar-refractivity contribution in [2.45, 2.75) is 154 Å². The number of amides is 1. The van der Waals surface area contributed by atoms with Crippen LogP contribution >= 0.6 is 0 Å². The van der Waals surface area contributed by atoms with Crippen LogP contribution in [0.2, 0.25) is 0 Å². The summed E-state index contributed by atoms with van der Waals surface area (Å²) in [5, 5.41) is 34.3. The van der Waals surface area contributed by atoms with Crippen LogP contribution < -0.4 is 0 Å². The lowest BCUT2D eigenvalue weighted by Gasteiger charge is -2.45. The maximum Gasteiger partial charge on any atom is 0.294 e. The molecule has 4 rings (SSSR count). The zero-order valence-corrected chi connectivity index (χ0v) is 36.1. The highest BCUT2D eigenvalue weighted by Gasteiger charge is 2.61. The summed E-state index contributed by atoms with van der Waals surface area (Å²) in [6.07, 6.45) is 3.66. The SMILES string of the molecule is CCC1/C=C(\C)CC(C)CC(OC)C2C(=O)C(O)(C(=O)C(=O)N3CCCCC3C(=O)C(=O)C(C(C)=CC3CCC(O)C(OC)C3)C(C)C(O)CC1=O)C(C)CC2OC. The van der Waals surface area contributed by atoms with Crippen LogP contribution in [0.3, 0.4) is 0 Å². The van der Waals surface area contributed by atoms with Gasteiger partial charge in [-0.05, 0) is 95.8 Å². The minimum absolute atomic E-state index is 0.0466. The molecule has 2 aliphatic carbocycles.